The third-order valence-electron chi connectivity index (χ3n) is 2.94. The van der Waals surface area contributed by atoms with Gasteiger partial charge in [-0.25, -0.2) is 0 Å². The lowest BCUT2D eigenvalue weighted by molar-refractivity contribution is 0.384. The first-order valence-electron chi connectivity index (χ1n) is 5.78. The van der Waals surface area contributed by atoms with Crippen molar-refractivity contribution in [2.75, 3.05) is 6.54 Å². The topological polar surface area (TPSA) is 12.0 Å². The first-order valence-corrected chi connectivity index (χ1v) is 6.95. The Morgan fingerprint density at radius 2 is 2.06 bits per heavy atom. The molecular weight excluding hydrogens is 286 g/mol. The van der Waals surface area contributed by atoms with Crippen LogP contribution in [0.15, 0.2) is 22.7 Å². The quantitative estimate of drug-likeness (QED) is 0.824. The molecule has 2 unspecified atom stereocenters. The minimum absolute atomic E-state index is 0.406. The van der Waals surface area contributed by atoms with Gasteiger partial charge in [-0.1, -0.05) is 44.9 Å². The van der Waals surface area contributed by atoms with Crippen molar-refractivity contribution in [3.8, 4) is 0 Å². The molecule has 0 aliphatic heterocycles. The summed E-state index contributed by atoms with van der Waals surface area (Å²) in [7, 11) is 0. The number of benzene rings is 1. The summed E-state index contributed by atoms with van der Waals surface area (Å²) in [5.74, 6) is 0.619. The van der Waals surface area contributed by atoms with Gasteiger partial charge in [0.2, 0.25) is 0 Å². The van der Waals surface area contributed by atoms with E-state index in [1.807, 2.05) is 6.07 Å². The van der Waals surface area contributed by atoms with Crippen LogP contribution in [0, 0.1) is 5.92 Å². The third kappa shape index (κ3) is 3.47. The van der Waals surface area contributed by atoms with Crippen molar-refractivity contribution in [3.05, 3.63) is 33.3 Å². The second kappa shape index (κ2) is 6.63. The summed E-state index contributed by atoms with van der Waals surface area (Å²) < 4.78 is 0.970. The monoisotopic (exact) mass is 303 g/mol. The highest BCUT2D eigenvalue weighted by molar-refractivity contribution is 9.10. The molecule has 3 heteroatoms. The molecule has 0 amide bonds. The zero-order valence-corrected chi connectivity index (χ0v) is 12.4. The van der Waals surface area contributed by atoms with Crippen LogP contribution < -0.4 is 5.32 Å². The Bertz CT molecular complexity index is 341. The van der Waals surface area contributed by atoms with E-state index in [9.17, 15) is 0 Å². The molecule has 0 saturated heterocycles. The van der Waals surface area contributed by atoms with Gasteiger partial charge in [0.05, 0.1) is 5.02 Å². The van der Waals surface area contributed by atoms with Gasteiger partial charge in [-0.2, -0.15) is 0 Å². The molecule has 1 N–H and O–H groups in total. The minimum atomic E-state index is 0.406. The average molecular weight is 305 g/mol. The molecule has 2 atom stereocenters. The zero-order valence-electron chi connectivity index (χ0n) is 10.1. The maximum atomic E-state index is 6.01. The van der Waals surface area contributed by atoms with E-state index >= 15 is 0 Å². The van der Waals surface area contributed by atoms with Crippen molar-refractivity contribution >= 4 is 27.5 Å². The Morgan fingerprint density at radius 1 is 1.38 bits per heavy atom. The van der Waals surface area contributed by atoms with Crippen LogP contribution in [0.4, 0.5) is 0 Å². The van der Waals surface area contributed by atoms with E-state index in [0.29, 0.717) is 12.0 Å². The number of rotatable bonds is 5. The lowest BCUT2D eigenvalue weighted by Gasteiger charge is -2.24. The molecule has 16 heavy (non-hydrogen) atoms. The van der Waals surface area contributed by atoms with Crippen molar-refractivity contribution < 1.29 is 0 Å². The van der Waals surface area contributed by atoms with Crippen LogP contribution in [-0.4, -0.2) is 6.54 Å². The number of hydrogen-bond donors (Lipinski definition) is 1. The van der Waals surface area contributed by atoms with Crippen molar-refractivity contribution in [2.45, 2.75) is 33.2 Å². The van der Waals surface area contributed by atoms with Crippen LogP contribution in [0.1, 0.15) is 38.8 Å². The second-order valence-corrected chi connectivity index (χ2v) is 5.36. The molecule has 1 aromatic rings. The van der Waals surface area contributed by atoms with Crippen LogP contribution >= 0.6 is 27.5 Å². The van der Waals surface area contributed by atoms with E-state index in [2.05, 4.69) is 54.2 Å². The Labute approximate surface area is 112 Å². The normalized spacial score (nSPS) is 14.8. The largest absolute Gasteiger partial charge is 0.310 e. The van der Waals surface area contributed by atoms with Gasteiger partial charge >= 0.3 is 0 Å². The highest BCUT2D eigenvalue weighted by Crippen LogP contribution is 2.30. The average Bonchev–Trinajstić information content (AvgIpc) is 2.29. The summed E-state index contributed by atoms with van der Waals surface area (Å²) in [5, 5.41) is 4.30. The second-order valence-electron chi connectivity index (χ2n) is 4.09. The van der Waals surface area contributed by atoms with Crippen molar-refractivity contribution in [1.82, 2.24) is 5.32 Å². The van der Waals surface area contributed by atoms with Gasteiger partial charge in [-0.15, -0.1) is 0 Å². The van der Waals surface area contributed by atoms with Gasteiger partial charge in [-0.05, 0) is 46.1 Å². The molecule has 0 heterocycles. The maximum absolute atomic E-state index is 6.01. The van der Waals surface area contributed by atoms with Gasteiger partial charge < -0.3 is 5.32 Å². The van der Waals surface area contributed by atoms with Crippen LogP contribution in [-0.2, 0) is 0 Å². The fraction of sp³-hybridized carbons (Fsp3) is 0.538. The Kier molecular flexibility index (Phi) is 5.81. The molecule has 1 rings (SSSR count). The summed E-state index contributed by atoms with van der Waals surface area (Å²) >= 11 is 9.49. The van der Waals surface area contributed by atoms with Crippen LogP contribution in [0.2, 0.25) is 5.02 Å². The summed E-state index contributed by atoms with van der Waals surface area (Å²) in [4.78, 5) is 0. The lowest BCUT2D eigenvalue weighted by atomic mass is 9.92. The lowest BCUT2D eigenvalue weighted by Crippen LogP contribution is -2.26. The molecule has 0 saturated carbocycles. The molecule has 0 fully saturated rings. The Balaban J connectivity index is 2.96. The Morgan fingerprint density at radius 3 is 2.56 bits per heavy atom. The van der Waals surface area contributed by atoms with Gasteiger partial charge in [0.15, 0.2) is 0 Å². The van der Waals surface area contributed by atoms with E-state index in [4.69, 9.17) is 11.6 Å². The van der Waals surface area contributed by atoms with Gasteiger partial charge in [0.1, 0.15) is 0 Å². The Hall–Kier alpha value is -0.0500. The fourth-order valence-corrected chi connectivity index (χ4v) is 2.32. The first-order chi connectivity index (χ1) is 7.60. The molecule has 0 bridgehead atoms. The predicted molar refractivity (Wildman–Crippen MR) is 75.0 cm³/mol. The fourth-order valence-electron chi connectivity index (χ4n) is 1.81. The first kappa shape index (κ1) is 14.0. The van der Waals surface area contributed by atoms with E-state index in [-0.39, 0.29) is 0 Å². The van der Waals surface area contributed by atoms with Crippen LogP contribution in [0.25, 0.3) is 0 Å². The molecule has 1 aromatic carbocycles. The summed E-state index contributed by atoms with van der Waals surface area (Å²) in [5.41, 5.74) is 1.30. The third-order valence-corrected chi connectivity index (χ3v) is 4.15. The minimum Gasteiger partial charge on any atom is -0.310 e. The van der Waals surface area contributed by atoms with Crippen molar-refractivity contribution in [1.29, 1.82) is 0 Å². The summed E-state index contributed by atoms with van der Waals surface area (Å²) in [6, 6.07) is 6.57. The number of hydrogen-bond acceptors (Lipinski definition) is 1. The van der Waals surface area contributed by atoms with E-state index in [1.54, 1.807) is 0 Å². The summed E-state index contributed by atoms with van der Waals surface area (Å²) in [6.45, 7) is 7.62. The summed E-state index contributed by atoms with van der Waals surface area (Å²) in [6.07, 6.45) is 1.16. The predicted octanol–water partition coefficient (Wildman–Crippen LogP) is 4.80. The van der Waals surface area contributed by atoms with Crippen molar-refractivity contribution in [2.24, 2.45) is 5.92 Å². The van der Waals surface area contributed by atoms with Crippen molar-refractivity contribution in [3.63, 3.8) is 0 Å². The van der Waals surface area contributed by atoms with Gasteiger partial charge in [-0.3, -0.25) is 0 Å². The smallest absolute Gasteiger partial charge is 0.0548 e. The van der Waals surface area contributed by atoms with Gasteiger partial charge in [0, 0.05) is 10.5 Å². The standard InChI is InChI=1S/C13H19BrClN/c1-4-9(3)13(16-5-2)10-6-7-12(15)11(14)8-10/h6-9,13,16H,4-5H2,1-3H3. The molecule has 0 aliphatic carbocycles. The van der Waals surface area contributed by atoms with E-state index < -0.39 is 0 Å². The zero-order chi connectivity index (χ0) is 12.1. The molecule has 0 aromatic heterocycles. The molecular formula is C13H19BrClN. The molecule has 1 nitrogen and oxygen atoms in total. The highest BCUT2D eigenvalue weighted by atomic mass is 79.9. The van der Waals surface area contributed by atoms with E-state index in [1.165, 1.54) is 5.56 Å². The molecule has 0 aliphatic rings. The van der Waals surface area contributed by atoms with Crippen LogP contribution in [0.5, 0.6) is 0 Å². The molecule has 90 valence electrons. The van der Waals surface area contributed by atoms with Crippen LogP contribution in [0.3, 0.4) is 0 Å². The molecule has 0 radical (unpaired) electrons. The van der Waals surface area contributed by atoms with E-state index in [0.717, 1.165) is 22.5 Å². The SMILES string of the molecule is CCNC(c1ccc(Cl)c(Br)c1)C(C)CC. The molecule has 0 spiro atoms. The number of nitrogens with one attached hydrogen (secondary N) is 1. The highest BCUT2D eigenvalue weighted by Gasteiger charge is 2.17. The van der Waals surface area contributed by atoms with Gasteiger partial charge in [0.25, 0.3) is 0 Å². The number of halogens is 2. The maximum Gasteiger partial charge on any atom is 0.0548 e.